The molecular formula is C24H23FN2O4. The molecule has 0 radical (unpaired) electrons. The molecule has 0 spiro atoms. The van der Waals surface area contributed by atoms with Gasteiger partial charge in [-0.2, -0.15) is 0 Å². The number of carbonyl (C=O) groups excluding carboxylic acids is 2. The van der Waals surface area contributed by atoms with E-state index in [1.165, 1.54) is 31.2 Å². The number of aliphatic carboxylic acids is 1. The van der Waals surface area contributed by atoms with E-state index >= 15 is 0 Å². The summed E-state index contributed by atoms with van der Waals surface area (Å²) in [6.07, 6.45) is 0.198. The van der Waals surface area contributed by atoms with Gasteiger partial charge in [0, 0.05) is 19.8 Å². The number of rotatable bonds is 8. The van der Waals surface area contributed by atoms with Crippen LogP contribution in [0.5, 0.6) is 0 Å². The molecule has 0 saturated carbocycles. The third kappa shape index (κ3) is 6.12. The smallest absolute Gasteiger partial charge is 0.326 e. The zero-order valence-electron chi connectivity index (χ0n) is 17.0. The lowest BCUT2D eigenvalue weighted by Crippen LogP contribution is -2.52. The van der Waals surface area contributed by atoms with E-state index in [2.05, 4.69) is 10.6 Å². The number of amides is 2. The van der Waals surface area contributed by atoms with Crippen LogP contribution in [-0.4, -0.2) is 35.0 Å². The van der Waals surface area contributed by atoms with Crippen LogP contribution >= 0.6 is 0 Å². The van der Waals surface area contributed by atoms with Crippen molar-refractivity contribution in [2.75, 3.05) is 0 Å². The highest BCUT2D eigenvalue weighted by atomic mass is 19.1. The molecule has 160 valence electrons. The lowest BCUT2D eigenvalue weighted by atomic mass is 10.0. The van der Waals surface area contributed by atoms with Crippen molar-refractivity contribution >= 4 is 28.6 Å². The SMILES string of the molecule is CC(=O)N[C@@H](Cc1ccc(F)cc1)C(=O)N[C@@H](Cc1ccc2ccccc2c1)C(=O)O. The first-order chi connectivity index (χ1) is 14.8. The van der Waals surface area contributed by atoms with Crippen LogP contribution in [0.2, 0.25) is 0 Å². The van der Waals surface area contributed by atoms with Gasteiger partial charge in [0.1, 0.15) is 17.9 Å². The number of halogens is 1. The molecule has 0 aliphatic carbocycles. The number of hydrogen-bond acceptors (Lipinski definition) is 3. The second-order valence-electron chi connectivity index (χ2n) is 7.37. The predicted molar refractivity (Wildman–Crippen MR) is 115 cm³/mol. The molecule has 3 rings (SSSR count). The first kappa shape index (κ1) is 22.0. The van der Waals surface area contributed by atoms with Gasteiger partial charge in [0.2, 0.25) is 11.8 Å². The summed E-state index contributed by atoms with van der Waals surface area (Å²) in [7, 11) is 0. The maximum atomic E-state index is 13.1. The molecule has 0 unspecified atom stereocenters. The van der Waals surface area contributed by atoms with E-state index in [0.29, 0.717) is 5.56 Å². The van der Waals surface area contributed by atoms with Crippen molar-refractivity contribution in [3.63, 3.8) is 0 Å². The van der Waals surface area contributed by atoms with Gasteiger partial charge in [-0.3, -0.25) is 9.59 Å². The van der Waals surface area contributed by atoms with Gasteiger partial charge in [-0.05, 0) is 34.0 Å². The summed E-state index contributed by atoms with van der Waals surface area (Å²) < 4.78 is 13.1. The number of carboxylic acid groups (broad SMARTS) is 1. The molecular weight excluding hydrogens is 399 g/mol. The summed E-state index contributed by atoms with van der Waals surface area (Å²) >= 11 is 0. The third-order valence-corrected chi connectivity index (χ3v) is 4.92. The molecule has 0 aliphatic heterocycles. The van der Waals surface area contributed by atoms with Gasteiger partial charge in [0.15, 0.2) is 0 Å². The number of carbonyl (C=O) groups is 3. The molecule has 0 bridgehead atoms. The summed E-state index contributed by atoms with van der Waals surface area (Å²) in [5.41, 5.74) is 1.40. The molecule has 0 saturated heterocycles. The minimum atomic E-state index is -1.18. The summed E-state index contributed by atoms with van der Waals surface area (Å²) in [4.78, 5) is 36.2. The largest absolute Gasteiger partial charge is 0.480 e. The van der Waals surface area contributed by atoms with E-state index in [1.54, 1.807) is 0 Å². The highest BCUT2D eigenvalue weighted by molar-refractivity contribution is 5.90. The average Bonchev–Trinajstić information content (AvgIpc) is 2.73. The lowest BCUT2D eigenvalue weighted by Gasteiger charge is -2.21. The fourth-order valence-corrected chi connectivity index (χ4v) is 3.38. The predicted octanol–water partition coefficient (Wildman–Crippen LogP) is 2.84. The minimum absolute atomic E-state index is 0.0925. The molecule has 0 heterocycles. The van der Waals surface area contributed by atoms with Crippen molar-refractivity contribution in [2.24, 2.45) is 0 Å². The topological polar surface area (TPSA) is 95.5 Å². The van der Waals surface area contributed by atoms with E-state index in [1.807, 2.05) is 42.5 Å². The van der Waals surface area contributed by atoms with Gasteiger partial charge in [-0.25, -0.2) is 9.18 Å². The number of hydrogen-bond donors (Lipinski definition) is 3. The Morgan fingerprint density at radius 3 is 2.10 bits per heavy atom. The second kappa shape index (κ2) is 9.84. The van der Waals surface area contributed by atoms with E-state index in [-0.39, 0.29) is 12.8 Å². The molecule has 2 amide bonds. The molecule has 0 aliphatic rings. The number of benzene rings is 3. The monoisotopic (exact) mass is 422 g/mol. The molecule has 2 atom stereocenters. The van der Waals surface area contributed by atoms with E-state index in [0.717, 1.165) is 16.3 Å². The van der Waals surface area contributed by atoms with Crippen LogP contribution in [0.25, 0.3) is 10.8 Å². The van der Waals surface area contributed by atoms with E-state index in [9.17, 15) is 23.9 Å². The first-order valence-electron chi connectivity index (χ1n) is 9.84. The van der Waals surface area contributed by atoms with Crippen LogP contribution in [0.4, 0.5) is 4.39 Å². The zero-order valence-corrected chi connectivity index (χ0v) is 17.0. The Balaban J connectivity index is 1.74. The van der Waals surface area contributed by atoms with Crippen LogP contribution in [0, 0.1) is 5.82 Å². The van der Waals surface area contributed by atoms with Crippen molar-refractivity contribution in [1.82, 2.24) is 10.6 Å². The highest BCUT2D eigenvalue weighted by Gasteiger charge is 2.26. The molecule has 0 aromatic heterocycles. The minimum Gasteiger partial charge on any atom is -0.480 e. The summed E-state index contributed by atoms with van der Waals surface area (Å²) in [6.45, 7) is 1.27. The van der Waals surface area contributed by atoms with Crippen molar-refractivity contribution in [2.45, 2.75) is 31.8 Å². The van der Waals surface area contributed by atoms with Crippen molar-refractivity contribution < 1.29 is 23.9 Å². The van der Waals surface area contributed by atoms with Gasteiger partial charge >= 0.3 is 5.97 Å². The van der Waals surface area contributed by atoms with Crippen molar-refractivity contribution in [3.05, 3.63) is 83.7 Å². The van der Waals surface area contributed by atoms with E-state index < -0.39 is 35.7 Å². The number of fused-ring (bicyclic) bond motifs is 1. The second-order valence-corrected chi connectivity index (χ2v) is 7.37. The molecule has 6 nitrogen and oxygen atoms in total. The Labute approximate surface area is 179 Å². The summed E-state index contributed by atoms with van der Waals surface area (Å²) in [5, 5.41) is 16.7. The standard InChI is InChI=1S/C24H23FN2O4/c1-15(28)26-21(13-16-7-10-20(25)11-8-16)23(29)27-22(24(30)31)14-17-6-9-18-4-2-3-5-19(18)12-17/h2-12,21-22H,13-14H2,1H3,(H,26,28)(H,27,29)(H,30,31)/t21-,22-/m0/s1. The molecule has 7 heteroatoms. The highest BCUT2D eigenvalue weighted by Crippen LogP contribution is 2.17. The Morgan fingerprint density at radius 1 is 0.839 bits per heavy atom. The maximum absolute atomic E-state index is 13.1. The quantitative estimate of drug-likeness (QED) is 0.520. The summed E-state index contributed by atoms with van der Waals surface area (Å²) in [5.74, 6) is -2.63. The molecule has 3 aromatic carbocycles. The van der Waals surface area contributed by atoms with Crippen LogP contribution in [-0.2, 0) is 27.2 Å². The number of carboxylic acids is 1. The van der Waals surface area contributed by atoms with Gasteiger partial charge in [0.05, 0.1) is 0 Å². The van der Waals surface area contributed by atoms with Crippen LogP contribution in [0.15, 0.2) is 66.7 Å². The van der Waals surface area contributed by atoms with Crippen LogP contribution < -0.4 is 10.6 Å². The zero-order chi connectivity index (χ0) is 22.4. The Bertz CT molecular complexity index is 1100. The van der Waals surface area contributed by atoms with Crippen LogP contribution in [0.1, 0.15) is 18.1 Å². The fraction of sp³-hybridized carbons (Fsp3) is 0.208. The van der Waals surface area contributed by atoms with Gasteiger partial charge < -0.3 is 15.7 Å². The molecule has 0 fully saturated rings. The van der Waals surface area contributed by atoms with Crippen molar-refractivity contribution in [3.8, 4) is 0 Å². The number of nitrogens with one attached hydrogen (secondary N) is 2. The van der Waals surface area contributed by atoms with Gasteiger partial charge in [-0.15, -0.1) is 0 Å². The molecule has 3 aromatic rings. The normalized spacial score (nSPS) is 12.7. The average molecular weight is 422 g/mol. The van der Waals surface area contributed by atoms with Gasteiger partial charge in [-0.1, -0.05) is 54.6 Å². The Hall–Kier alpha value is -3.74. The van der Waals surface area contributed by atoms with Crippen LogP contribution in [0.3, 0.4) is 0 Å². The Kier molecular flexibility index (Phi) is 6.97. The molecule has 31 heavy (non-hydrogen) atoms. The van der Waals surface area contributed by atoms with E-state index in [4.69, 9.17) is 0 Å². The fourth-order valence-electron chi connectivity index (χ4n) is 3.38. The maximum Gasteiger partial charge on any atom is 0.326 e. The lowest BCUT2D eigenvalue weighted by molar-refractivity contribution is -0.142. The first-order valence-corrected chi connectivity index (χ1v) is 9.84. The van der Waals surface area contributed by atoms with Gasteiger partial charge in [0.25, 0.3) is 0 Å². The summed E-state index contributed by atoms with van der Waals surface area (Å²) in [6, 6.07) is 16.7. The van der Waals surface area contributed by atoms with Crippen molar-refractivity contribution in [1.29, 1.82) is 0 Å². The third-order valence-electron chi connectivity index (χ3n) is 4.92. The Morgan fingerprint density at radius 2 is 1.45 bits per heavy atom. The molecule has 3 N–H and O–H groups in total.